The summed E-state index contributed by atoms with van der Waals surface area (Å²) in [5, 5.41) is 27.6. The summed E-state index contributed by atoms with van der Waals surface area (Å²) in [6.45, 7) is 16.7. The van der Waals surface area contributed by atoms with Gasteiger partial charge in [0.2, 0.25) is 12.2 Å². The number of hydrogen-bond donors (Lipinski definition) is 3. The quantitative estimate of drug-likeness (QED) is 0.201. The molecule has 2 aliphatic heterocycles. The molecule has 0 saturated heterocycles. The summed E-state index contributed by atoms with van der Waals surface area (Å²) >= 11 is 18.3. The van der Waals surface area contributed by atoms with Crippen LogP contribution in [0.4, 0.5) is 39.5 Å². The largest absolute Gasteiger partial charge is 0.478 e. The maximum absolute atomic E-state index is 13.0. The van der Waals surface area contributed by atoms with E-state index in [1.165, 1.54) is 36.4 Å². The van der Waals surface area contributed by atoms with Crippen LogP contribution in [0.5, 0.6) is 11.5 Å². The van der Waals surface area contributed by atoms with Crippen molar-refractivity contribution in [3.63, 3.8) is 0 Å². The molecule has 0 fully saturated rings. The van der Waals surface area contributed by atoms with Crippen LogP contribution >= 0.6 is 34.8 Å². The topological polar surface area (TPSA) is 147 Å². The van der Waals surface area contributed by atoms with Crippen molar-refractivity contribution < 1.29 is 83.5 Å². The fourth-order valence-electron chi connectivity index (χ4n) is 6.18. The zero-order chi connectivity index (χ0) is 51.0. The van der Waals surface area contributed by atoms with E-state index in [1.54, 1.807) is 0 Å². The second kappa shape index (κ2) is 19.6. The van der Waals surface area contributed by atoms with Crippen LogP contribution in [0.1, 0.15) is 84.6 Å². The molecule has 0 saturated carbocycles. The number of ether oxygens (including phenoxy) is 2. The second-order valence-corrected chi connectivity index (χ2v) is 19.1. The normalized spacial score (nSPS) is 18.6. The number of ketones is 1. The van der Waals surface area contributed by atoms with Gasteiger partial charge < -0.3 is 24.8 Å². The molecule has 2 aromatic carbocycles. The molecule has 3 aliphatic rings. The number of carboxylic acid groups (broad SMARTS) is 3. The van der Waals surface area contributed by atoms with Gasteiger partial charge in [-0.3, -0.25) is 4.79 Å². The van der Waals surface area contributed by atoms with Crippen LogP contribution in [0.15, 0.2) is 81.5 Å². The molecule has 0 spiro atoms. The highest BCUT2D eigenvalue weighted by molar-refractivity contribution is 6.34. The summed E-state index contributed by atoms with van der Waals surface area (Å²) < 4.78 is 125. The molecule has 5 rings (SSSR count). The molecule has 0 amide bonds. The van der Waals surface area contributed by atoms with E-state index < -0.39 is 76.6 Å². The van der Waals surface area contributed by atoms with E-state index in [-0.39, 0.29) is 50.1 Å². The number of alkyl halides is 9. The maximum atomic E-state index is 13.0. The zero-order valence-electron chi connectivity index (χ0n) is 36.3. The number of aliphatic carboxylic acids is 3. The van der Waals surface area contributed by atoms with E-state index in [2.05, 4.69) is 0 Å². The first-order valence-electron chi connectivity index (χ1n) is 19.1. The van der Waals surface area contributed by atoms with E-state index in [4.69, 9.17) is 59.6 Å². The Morgan fingerprint density at radius 2 is 0.970 bits per heavy atom. The Morgan fingerprint density at radius 1 is 0.591 bits per heavy atom. The molecule has 3 N–H and O–H groups in total. The SMILES string of the molecule is CC(C)(C)C1=CC(=O)/C(=C\C(=CC(F)(F)F)C(=O)O)C=C1Cl.CC(C)(C)c1cc2c(cc1Cl)C=C(C(=O)O)C(C(F)(F)F)O2.CC(C)(C)c1cc2c(cc1Cl)C=C(C(=O)O)[C@H](C(F)(F)F)O2. The summed E-state index contributed by atoms with van der Waals surface area (Å²) in [4.78, 5) is 44.9. The van der Waals surface area contributed by atoms with Gasteiger partial charge in [0.25, 0.3) is 0 Å². The molecule has 1 aliphatic carbocycles. The molecule has 2 aromatic rings. The maximum Gasteiger partial charge on any atom is 0.430 e. The Kier molecular flexibility index (Phi) is 16.3. The minimum absolute atomic E-state index is 0.0262. The number of halogens is 12. The van der Waals surface area contributed by atoms with Crippen LogP contribution in [0.25, 0.3) is 12.2 Å². The smallest absolute Gasteiger partial charge is 0.430 e. The molecular formula is C45H42Cl3F9O9. The lowest BCUT2D eigenvalue weighted by atomic mass is 9.82. The first-order valence-corrected chi connectivity index (χ1v) is 20.2. The number of carbonyl (C=O) groups is 4. The van der Waals surface area contributed by atoms with Crippen LogP contribution in [0.2, 0.25) is 10.0 Å². The Morgan fingerprint density at radius 3 is 1.26 bits per heavy atom. The van der Waals surface area contributed by atoms with Crippen molar-refractivity contribution in [3.05, 3.63) is 114 Å². The van der Waals surface area contributed by atoms with Crippen molar-refractivity contribution in [2.45, 2.75) is 104 Å². The highest BCUT2D eigenvalue weighted by Crippen LogP contribution is 2.44. The van der Waals surface area contributed by atoms with Gasteiger partial charge in [0, 0.05) is 37.9 Å². The lowest BCUT2D eigenvalue weighted by molar-refractivity contribution is -0.187. The number of fused-ring (bicyclic) bond motifs is 2. The average Bonchev–Trinajstić information content (AvgIpc) is 3.12. The number of carboxylic acids is 3. The van der Waals surface area contributed by atoms with Crippen LogP contribution in [-0.2, 0) is 30.0 Å². The third-order valence-electron chi connectivity index (χ3n) is 9.36. The fraction of sp³-hybridized carbons (Fsp3) is 0.378. The monoisotopic (exact) mass is 1000 g/mol. The Bertz CT molecular complexity index is 2370. The van der Waals surface area contributed by atoms with Gasteiger partial charge >= 0.3 is 36.4 Å². The molecule has 21 heteroatoms. The van der Waals surface area contributed by atoms with Crippen LogP contribution < -0.4 is 9.47 Å². The number of benzene rings is 2. The van der Waals surface area contributed by atoms with Gasteiger partial charge in [-0.25, -0.2) is 14.4 Å². The molecule has 9 nitrogen and oxygen atoms in total. The molecule has 0 radical (unpaired) electrons. The fourth-order valence-corrected chi connectivity index (χ4v) is 7.55. The van der Waals surface area contributed by atoms with E-state index in [0.29, 0.717) is 32.8 Å². The van der Waals surface area contributed by atoms with Crippen molar-refractivity contribution in [3.8, 4) is 11.5 Å². The van der Waals surface area contributed by atoms with Crippen LogP contribution in [-0.4, -0.2) is 69.7 Å². The van der Waals surface area contributed by atoms with Crippen LogP contribution in [0.3, 0.4) is 0 Å². The van der Waals surface area contributed by atoms with Gasteiger partial charge in [-0.2, -0.15) is 39.5 Å². The molecule has 0 aromatic heterocycles. The van der Waals surface area contributed by atoms with Gasteiger partial charge in [0.1, 0.15) is 11.5 Å². The Labute approximate surface area is 387 Å². The summed E-state index contributed by atoms with van der Waals surface area (Å²) in [5.41, 5.74) is -1.95. The summed E-state index contributed by atoms with van der Waals surface area (Å²) in [5.74, 6) is -5.78. The number of allylic oxidation sites excluding steroid dienone is 6. The van der Waals surface area contributed by atoms with Gasteiger partial charge in [-0.1, -0.05) is 97.1 Å². The van der Waals surface area contributed by atoms with Gasteiger partial charge in [-0.05, 0) is 87.6 Å². The Hall–Kier alpha value is -5.20. The first kappa shape index (κ1) is 55.1. The molecular weight excluding hydrogens is 962 g/mol. The first-order chi connectivity index (χ1) is 29.6. The average molecular weight is 1000 g/mol. The van der Waals surface area contributed by atoms with Crippen molar-refractivity contribution in [1.29, 1.82) is 0 Å². The molecule has 1 unspecified atom stereocenters. The zero-order valence-corrected chi connectivity index (χ0v) is 38.5. The van der Waals surface area contributed by atoms with E-state index in [9.17, 15) is 58.7 Å². The lowest BCUT2D eigenvalue weighted by Crippen LogP contribution is -2.40. The van der Waals surface area contributed by atoms with E-state index in [0.717, 1.165) is 12.2 Å². The van der Waals surface area contributed by atoms with Crippen LogP contribution in [0, 0.1) is 5.41 Å². The standard InChI is InChI=1S/3C15H14ClF3O3/c2*1-14(2,3)9-6-11-7(5-10(9)16)4-8(13(20)21)12(22-11)15(17,18)19;1-14(2,3)10-6-12(20)8(5-11(10)16)4-9(13(21)22)7-15(17,18)19/h2*4-6,12H,1-3H3,(H,20,21);4-7H,1-3H3,(H,21,22)/b;;8-4-,9-7?/t12-;;/m1../s1. The molecule has 2 atom stereocenters. The number of rotatable bonds is 4. The predicted octanol–water partition coefficient (Wildman–Crippen LogP) is 13.0. The van der Waals surface area contributed by atoms with Gasteiger partial charge in [-0.15, -0.1) is 0 Å². The summed E-state index contributed by atoms with van der Waals surface area (Å²) in [6.07, 6.45) is -14.8. The third-order valence-corrected chi connectivity index (χ3v) is 10.3. The minimum Gasteiger partial charge on any atom is -0.478 e. The highest BCUT2D eigenvalue weighted by Gasteiger charge is 2.50. The molecule has 2 heterocycles. The van der Waals surface area contributed by atoms with Gasteiger partial charge in [0.15, 0.2) is 5.78 Å². The van der Waals surface area contributed by atoms with Gasteiger partial charge in [0.05, 0.1) is 16.7 Å². The molecule has 360 valence electrons. The summed E-state index contributed by atoms with van der Waals surface area (Å²) in [6, 6.07) is 5.72. The Balaban J connectivity index is 0.000000263. The summed E-state index contributed by atoms with van der Waals surface area (Å²) in [7, 11) is 0. The van der Waals surface area contributed by atoms with Crippen molar-refractivity contribution in [2.24, 2.45) is 5.41 Å². The second-order valence-electron chi connectivity index (χ2n) is 17.8. The highest BCUT2D eigenvalue weighted by atomic mass is 35.5. The van der Waals surface area contributed by atoms with E-state index in [1.807, 2.05) is 62.3 Å². The van der Waals surface area contributed by atoms with Crippen molar-refractivity contribution >= 4 is 70.6 Å². The van der Waals surface area contributed by atoms with Crippen molar-refractivity contribution in [2.75, 3.05) is 0 Å². The molecule has 66 heavy (non-hydrogen) atoms. The third kappa shape index (κ3) is 14.2. The van der Waals surface area contributed by atoms with Crippen molar-refractivity contribution in [1.82, 2.24) is 0 Å². The number of hydrogen-bond acceptors (Lipinski definition) is 6. The number of carbonyl (C=O) groups excluding carboxylic acids is 1. The molecule has 0 bridgehead atoms. The minimum atomic E-state index is -4.82. The lowest BCUT2D eigenvalue weighted by Gasteiger charge is -2.29. The van der Waals surface area contributed by atoms with E-state index >= 15 is 0 Å². The predicted molar refractivity (Wildman–Crippen MR) is 229 cm³/mol.